The quantitative estimate of drug-likeness (QED) is 0.595. The molecule has 0 radical (unpaired) electrons. The van der Waals surface area contributed by atoms with E-state index in [0.29, 0.717) is 17.4 Å². The van der Waals surface area contributed by atoms with E-state index < -0.39 is 0 Å². The summed E-state index contributed by atoms with van der Waals surface area (Å²) in [6.07, 6.45) is 3.44. The Bertz CT molecular complexity index is 1180. The van der Waals surface area contributed by atoms with Crippen LogP contribution in [-0.2, 0) is 17.9 Å². The Morgan fingerprint density at radius 3 is 2.78 bits per heavy atom. The van der Waals surface area contributed by atoms with Crippen molar-refractivity contribution in [2.75, 3.05) is 0 Å². The molecular weight excluding hydrogens is 340 g/mol. The second-order valence-electron chi connectivity index (χ2n) is 6.28. The van der Waals surface area contributed by atoms with E-state index in [1.807, 2.05) is 36.4 Å². The molecule has 0 bridgehead atoms. The van der Waals surface area contributed by atoms with Crippen LogP contribution in [0.2, 0.25) is 0 Å². The molecule has 0 atom stereocenters. The number of rotatable bonds is 5. The molecule has 134 valence electrons. The van der Waals surface area contributed by atoms with Gasteiger partial charge in [0.15, 0.2) is 0 Å². The fourth-order valence-corrected chi connectivity index (χ4v) is 3.08. The average Bonchev–Trinajstić information content (AvgIpc) is 2.72. The number of hydrogen-bond acceptors (Lipinski definition) is 4. The number of fused-ring (bicyclic) bond motifs is 2. The van der Waals surface area contributed by atoms with Gasteiger partial charge in [0.25, 0.3) is 5.56 Å². The predicted molar refractivity (Wildman–Crippen MR) is 104 cm³/mol. The minimum absolute atomic E-state index is 0.122. The van der Waals surface area contributed by atoms with Gasteiger partial charge in [-0.3, -0.25) is 19.1 Å². The van der Waals surface area contributed by atoms with E-state index >= 15 is 0 Å². The fraction of sp³-hybridized carbons (Fsp3) is 0.143. The Balaban J connectivity index is 1.41. The maximum absolute atomic E-state index is 12.4. The van der Waals surface area contributed by atoms with Crippen LogP contribution in [-0.4, -0.2) is 20.4 Å². The van der Waals surface area contributed by atoms with E-state index in [4.69, 9.17) is 0 Å². The number of benzene rings is 2. The number of para-hydroxylation sites is 2. The van der Waals surface area contributed by atoms with E-state index in [9.17, 15) is 9.59 Å². The Hall–Kier alpha value is -3.54. The minimum Gasteiger partial charge on any atom is -0.352 e. The molecule has 2 aromatic carbocycles. The molecule has 27 heavy (non-hydrogen) atoms. The first-order valence-electron chi connectivity index (χ1n) is 8.76. The third-order valence-corrected chi connectivity index (χ3v) is 4.50. The van der Waals surface area contributed by atoms with E-state index in [-0.39, 0.29) is 24.4 Å². The van der Waals surface area contributed by atoms with Crippen molar-refractivity contribution in [3.05, 3.63) is 83.0 Å². The summed E-state index contributed by atoms with van der Waals surface area (Å²) in [6.45, 7) is 0.689. The third kappa shape index (κ3) is 3.55. The zero-order valence-electron chi connectivity index (χ0n) is 14.6. The second kappa shape index (κ2) is 7.37. The van der Waals surface area contributed by atoms with Gasteiger partial charge in [-0.15, -0.1) is 0 Å². The van der Waals surface area contributed by atoms with Crippen LogP contribution in [0.5, 0.6) is 0 Å². The largest absolute Gasteiger partial charge is 0.352 e. The van der Waals surface area contributed by atoms with Crippen LogP contribution in [0.1, 0.15) is 12.0 Å². The number of aromatic nitrogens is 3. The standard InChI is InChI=1S/C21H18N4O2/c26-19(23-13-16-6-3-5-15-7-4-11-22-20(15)16)10-12-25-14-24-18-9-2-1-8-17(18)21(25)27/h1-9,11,14H,10,12-13H2,(H,23,26). The van der Waals surface area contributed by atoms with Crippen molar-refractivity contribution in [3.8, 4) is 0 Å². The van der Waals surface area contributed by atoms with Gasteiger partial charge >= 0.3 is 0 Å². The molecule has 0 spiro atoms. The molecule has 0 aliphatic rings. The molecule has 0 saturated heterocycles. The highest BCUT2D eigenvalue weighted by Crippen LogP contribution is 2.15. The normalized spacial score (nSPS) is 11.0. The highest BCUT2D eigenvalue weighted by Gasteiger charge is 2.08. The molecule has 6 nitrogen and oxygen atoms in total. The van der Waals surface area contributed by atoms with Crippen LogP contribution < -0.4 is 10.9 Å². The molecule has 0 saturated carbocycles. The number of aryl methyl sites for hydroxylation is 1. The molecule has 0 fully saturated rings. The highest BCUT2D eigenvalue weighted by molar-refractivity contribution is 5.82. The van der Waals surface area contributed by atoms with Gasteiger partial charge in [-0.1, -0.05) is 36.4 Å². The van der Waals surface area contributed by atoms with Crippen LogP contribution in [0.15, 0.2) is 71.9 Å². The Morgan fingerprint density at radius 1 is 1.00 bits per heavy atom. The van der Waals surface area contributed by atoms with Gasteiger partial charge in [0.1, 0.15) is 0 Å². The van der Waals surface area contributed by atoms with Crippen molar-refractivity contribution >= 4 is 27.7 Å². The van der Waals surface area contributed by atoms with Gasteiger partial charge < -0.3 is 5.32 Å². The SMILES string of the molecule is O=C(CCn1cnc2ccccc2c1=O)NCc1cccc2cccnc12. The lowest BCUT2D eigenvalue weighted by atomic mass is 10.1. The molecular formula is C21H18N4O2. The molecule has 6 heteroatoms. The molecule has 1 N–H and O–H groups in total. The number of nitrogens with one attached hydrogen (secondary N) is 1. The molecule has 2 aromatic heterocycles. The number of amides is 1. The molecule has 0 aliphatic heterocycles. The summed E-state index contributed by atoms with van der Waals surface area (Å²) in [4.78, 5) is 33.3. The Morgan fingerprint density at radius 2 is 1.85 bits per heavy atom. The molecule has 1 amide bonds. The zero-order valence-corrected chi connectivity index (χ0v) is 14.6. The topological polar surface area (TPSA) is 76.9 Å². The van der Waals surface area contributed by atoms with Crippen LogP contribution >= 0.6 is 0 Å². The van der Waals surface area contributed by atoms with Gasteiger partial charge in [0.2, 0.25) is 5.91 Å². The van der Waals surface area contributed by atoms with Crippen LogP contribution in [0.4, 0.5) is 0 Å². The van der Waals surface area contributed by atoms with Crippen molar-refractivity contribution in [2.45, 2.75) is 19.5 Å². The van der Waals surface area contributed by atoms with Gasteiger partial charge in [-0.2, -0.15) is 0 Å². The van der Waals surface area contributed by atoms with Crippen LogP contribution in [0.3, 0.4) is 0 Å². The Labute approximate surface area is 155 Å². The van der Waals surface area contributed by atoms with Crippen molar-refractivity contribution < 1.29 is 4.79 Å². The first kappa shape index (κ1) is 16.9. The molecule has 4 aromatic rings. The number of nitrogens with zero attached hydrogens (tertiary/aromatic N) is 3. The van der Waals surface area contributed by atoms with Gasteiger partial charge in [-0.25, -0.2) is 4.98 Å². The molecule has 0 unspecified atom stereocenters. The fourth-order valence-electron chi connectivity index (χ4n) is 3.08. The summed E-state index contributed by atoms with van der Waals surface area (Å²) in [5.41, 5.74) is 2.37. The summed E-state index contributed by atoms with van der Waals surface area (Å²) in [5.74, 6) is -0.122. The van der Waals surface area contributed by atoms with E-state index in [1.165, 1.54) is 10.9 Å². The molecule has 2 heterocycles. The summed E-state index contributed by atoms with van der Waals surface area (Å²) >= 11 is 0. The third-order valence-electron chi connectivity index (χ3n) is 4.50. The summed E-state index contributed by atoms with van der Waals surface area (Å²) < 4.78 is 1.47. The van der Waals surface area contributed by atoms with Crippen LogP contribution in [0.25, 0.3) is 21.8 Å². The predicted octanol–water partition coefficient (Wildman–Crippen LogP) is 2.65. The van der Waals surface area contributed by atoms with Crippen LogP contribution in [0, 0.1) is 0 Å². The number of carbonyl (C=O) groups is 1. The highest BCUT2D eigenvalue weighted by atomic mass is 16.1. The van der Waals surface area contributed by atoms with Gasteiger partial charge in [0, 0.05) is 31.1 Å². The van der Waals surface area contributed by atoms with Crippen molar-refractivity contribution in [1.82, 2.24) is 19.9 Å². The monoisotopic (exact) mass is 358 g/mol. The molecule has 0 aliphatic carbocycles. The second-order valence-corrected chi connectivity index (χ2v) is 6.28. The Kier molecular flexibility index (Phi) is 4.61. The summed E-state index contributed by atoms with van der Waals surface area (Å²) in [5, 5.41) is 4.50. The zero-order chi connectivity index (χ0) is 18.6. The number of hydrogen-bond donors (Lipinski definition) is 1. The lowest BCUT2D eigenvalue weighted by Gasteiger charge is -2.09. The molecule has 4 rings (SSSR count). The van der Waals surface area contributed by atoms with Crippen molar-refractivity contribution in [2.24, 2.45) is 0 Å². The summed E-state index contributed by atoms with van der Waals surface area (Å²) in [6, 6.07) is 17.0. The van der Waals surface area contributed by atoms with E-state index in [0.717, 1.165) is 16.5 Å². The summed E-state index contributed by atoms with van der Waals surface area (Å²) in [7, 11) is 0. The number of carbonyl (C=O) groups excluding carboxylic acids is 1. The van der Waals surface area contributed by atoms with E-state index in [2.05, 4.69) is 15.3 Å². The van der Waals surface area contributed by atoms with Crippen molar-refractivity contribution in [1.29, 1.82) is 0 Å². The maximum Gasteiger partial charge on any atom is 0.261 e. The first-order chi connectivity index (χ1) is 13.2. The van der Waals surface area contributed by atoms with E-state index in [1.54, 1.807) is 24.4 Å². The van der Waals surface area contributed by atoms with Gasteiger partial charge in [-0.05, 0) is 23.8 Å². The maximum atomic E-state index is 12.4. The average molecular weight is 358 g/mol. The minimum atomic E-state index is -0.133. The number of pyridine rings is 1. The lowest BCUT2D eigenvalue weighted by molar-refractivity contribution is -0.121. The smallest absolute Gasteiger partial charge is 0.261 e. The first-order valence-corrected chi connectivity index (χ1v) is 8.76. The van der Waals surface area contributed by atoms with Gasteiger partial charge in [0.05, 0.1) is 22.7 Å². The van der Waals surface area contributed by atoms with Crippen molar-refractivity contribution in [3.63, 3.8) is 0 Å². The lowest BCUT2D eigenvalue weighted by Crippen LogP contribution is -2.27.